The number of rotatable bonds is 4. The molecule has 0 aliphatic rings. The Morgan fingerprint density at radius 3 is 2.87 bits per heavy atom. The molecule has 1 atom stereocenters. The van der Waals surface area contributed by atoms with Gasteiger partial charge in [-0.2, -0.15) is 5.26 Å². The van der Waals surface area contributed by atoms with E-state index in [4.69, 9.17) is 15.7 Å². The van der Waals surface area contributed by atoms with Gasteiger partial charge in [0.05, 0.1) is 0 Å². The molecule has 1 aromatic carbocycles. The third kappa shape index (κ3) is 3.22. The van der Waals surface area contributed by atoms with Crippen molar-refractivity contribution in [3.05, 3.63) is 28.2 Å². The Morgan fingerprint density at radius 1 is 1.60 bits per heavy atom. The zero-order valence-corrected chi connectivity index (χ0v) is 10.1. The molecule has 1 unspecified atom stereocenters. The zero-order chi connectivity index (χ0) is 11.3. The molecular weight excluding hydrogens is 256 g/mol. The first-order chi connectivity index (χ1) is 7.21. The number of ether oxygens (including phenoxy) is 1. The summed E-state index contributed by atoms with van der Waals surface area (Å²) >= 11 is 3.39. The number of benzene rings is 1. The predicted octanol–water partition coefficient (Wildman–Crippen LogP) is 2.59. The van der Waals surface area contributed by atoms with Gasteiger partial charge in [0, 0.05) is 11.0 Å². The number of hydrogen-bond acceptors (Lipinski definition) is 3. The molecule has 0 fully saturated rings. The van der Waals surface area contributed by atoms with Crippen molar-refractivity contribution in [1.29, 1.82) is 5.26 Å². The maximum absolute atomic E-state index is 8.76. The van der Waals surface area contributed by atoms with Crippen LogP contribution in [0.15, 0.2) is 22.7 Å². The van der Waals surface area contributed by atoms with Gasteiger partial charge in [0.25, 0.3) is 0 Å². The first-order valence-corrected chi connectivity index (χ1v) is 5.55. The molecule has 0 heterocycles. The van der Waals surface area contributed by atoms with Crippen LogP contribution in [0.1, 0.15) is 18.9 Å². The molecule has 0 aromatic heterocycles. The van der Waals surface area contributed by atoms with Crippen LogP contribution in [0.2, 0.25) is 0 Å². The molecule has 15 heavy (non-hydrogen) atoms. The van der Waals surface area contributed by atoms with Gasteiger partial charge in [-0.15, -0.1) is 0 Å². The van der Waals surface area contributed by atoms with Crippen LogP contribution >= 0.6 is 15.9 Å². The van der Waals surface area contributed by atoms with Crippen molar-refractivity contribution in [2.45, 2.75) is 26.0 Å². The van der Waals surface area contributed by atoms with Crippen LogP contribution in [0.3, 0.4) is 0 Å². The third-order valence-electron chi connectivity index (χ3n) is 2.03. The third-order valence-corrected chi connectivity index (χ3v) is 2.80. The normalized spacial score (nSPS) is 11.9. The molecule has 0 aliphatic carbocycles. The van der Waals surface area contributed by atoms with Crippen LogP contribution in [0.25, 0.3) is 0 Å². The molecule has 80 valence electrons. The number of nitriles is 1. The van der Waals surface area contributed by atoms with Crippen molar-refractivity contribution in [2.75, 3.05) is 0 Å². The van der Waals surface area contributed by atoms with Gasteiger partial charge in [0.15, 0.2) is 6.10 Å². The SMILES string of the molecule is CCC(C#N)Oc1ccc(Br)c(CN)c1. The lowest BCUT2D eigenvalue weighted by Gasteiger charge is -2.11. The highest BCUT2D eigenvalue weighted by Gasteiger charge is 2.07. The maximum atomic E-state index is 8.76. The molecule has 2 N–H and O–H groups in total. The smallest absolute Gasteiger partial charge is 0.184 e. The predicted molar refractivity (Wildman–Crippen MR) is 62.4 cm³/mol. The van der Waals surface area contributed by atoms with Crippen molar-refractivity contribution in [2.24, 2.45) is 5.73 Å². The van der Waals surface area contributed by atoms with E-state index in [1.807, 2.05) is 25.1 Å². The molecule has 1 aromatic rings. The molecule has 0 saturated carbocycles. The minimum Gasteiger partial charge on any atom is -0.476 e. The highest BCUT2D eigenvalue weighted by atomic mass is 79.9. The summed E-state index contributed by atoms with van der Waals surface area (Å²) in [7, 11) is 0. The van der Waals surface area contributed by atoms with Crippen LogP contribution in [-0.4, -0.2) is 6.10 Å². The average molecular weight is 269 g/mol. The second-order valence-electron chi connectivity index (χ2n) is 3.10. The molecule has 0 bridgehead atoms. The van der Waals surface area contributed by atoms with E-state index in [1.54, 1.807) is 0 Å². The van der Waals surface area contributed by atoms with Crippen LogP contribution < -0.4 is 10.5 Å². The molecular formula is C11H13BrN2O. The van der Waals surface area contributed by atoms with Crippen molar-refractivity contribution in [3.8, 4) is 11.8 Å². The van der Waals surface area contributed by atoms with E-state index >= 15 is 0 Å². The minimum absolute atomic E-state index is 0.392. The van der Waals surface area contributed by atoms with E-state index in [9.17, 15) is 0 Å². The van der Waals surface area contributed by atoms with E-state index in [2.05, 4.69) is 22.0 Å². The Bertz CT molecular complexity index is 373. The number of halogens is 1. The van der Waals surface area contributed by atoms with Crippen LogP contribution in [0, 0.1) is 11.3 Å². The Labute approximate surface area is 98.0 Å². The summed E-state index contributed by atoms with van der Waals surface area (Å²) in [6.45, 7) is 2.36. The summed E-state index contributed by atoms with van der Waals surface area (Å²) in [4.78, 5) is 0. The summed E-state index contributed by atoms with van der Waals surface area (Å²) in [5.74, 6) is 0.687. The summed E-state index contributed by atoms with van der Waals surface area (Å²) < 4.78 is 6.43. The van der Waals surface area contributed by atoms with Gasteiger partial charge in [0.1, 0.15) is 11.8 Å². The largest absolute Gasteiger partial charge is 0.476 e. The molecule has 0 aliphatic heterocycles. The lowest BCUT2D eigenvalue weighted by Crippen LogP contribution is -2.12. The van der Waals surface area contributed by atoms with Crippen LogP contribution in [0.5, 0.6) is 5.75 Å². The van der Waals surface area contributed by atoms with E-state index < -0.39 is 6.10 Å². The standard InChI is InChI=1S/C11H13BrN2O/c1-2-9(7-14)15-10-3-4-11(12)8(5-10)6-13/h3-5,9H,2,6,13H2,1H3. The van der Waals surface area contributed by atoms with Crippen LogP contribution in [-0.2, 0) is 6.54 Å². The van der Waals surface area contributed by atoms with Gasteiger partial charge in [-0.1, -0.05) is 22.9 Å². The fraction of sp³-hybridized carbons (Fsp3) is 0.364. The Hall–Kier alpha value is -1.05. The van der Waals surface area contributed by atoms with Gasteiger partial charge in [0.2, 0.25) is 0 Å². The van der Waals surface area contributed by atoms with E-state index in [0.717, 1.165) is 10.0 Å². The fourth-order valence-electron chi connectivity index (χ4n) is 1.15. The molecule has 0 radical (unpaired) electrons. The molecule has 3 nitrogen and oxygen atoms in total. The number of hydrogen-bond donors (Lipinski definition) is 1. The zero-order valence-electron chi connectivity index (χ0n) is 8.53. The van der Waals surface area contributed by atoms with Crippen molar-refractivity contribution < 1.29 is 4.74 Å². The fourth-order valence-corrected chi connectivity index (χ4v) is 1.55. The second-order valence-corrected chi connectivity index (χ2v) is 3.96. The monoisotopic (exact) mass is 268 g/mol. The highest BCUT2D eigenvalue weighted by Crippen LogP contribution is 2.23. The molecule has 0 amide bonds. The van der Waals surface area contributed by atoms with E-state index in [0.29, 0.717) is 18.7 Å². The number of nitrogens with zero attached hydrogens (tertiary/aromatic N) is 1. The number of nitrogens with two attached hydrogens (primary N) is 1. The second kappa shape index (κ2) is 5.74. The van der Waals surface area contributed by atoms with Gasteiger partial charge in [-0.25, -0.2) is 0 Å². The molecule has 0 spiro atoms. The average Bonchev–Trinajstić information content (AvgIpc) is 2.28. The molecule has 1 rings (SSSR count). The van der Waals surface area contributed by atoms with Crippen LogP contribution in [0.4, 0.5) is 0 Å². The summed E-state index contributed by atoms with van der Waals surface area (Å²) in [6, 6.07) is 7.64. The van der Waals surface area contributed by atoms with Gasteiger partial charge < -0.3 is 10.5 Å². The van der Waals surface area contributed by atoms with E-state index in [1.165, 1.54) is 0 Å². The van der Waals surface area contributed by atoms with Crippen molar-refractivity contribution >= 4 is 15.9 Å². The Balaban J connectivity index is 2.83. The Morgan fingerprint density at radius 2 is 2.33 bits per heavy atom. The Kier molecular flexibility index (Phi) is 4.60. The minimum atomic E-state index is -0.392. The lowest BCUT2D eigenvalue weighted by molar-refractivity contribution is 0.251. The first kappa shape index (κ1) is 12.0. The lowest BCUT2D eigenvalue weighted by atomic mass is 10.2. The van der Waals surface area contributed by atoms with Gasteiger partial charge >= 0.3 is 0 Å². The topological polar surface area (TPSA) is 59.0 Å². The summed E-state index contributed by atoms with van der Waals surface area (Å²) in [5.41, 5.74) is 6.54. The van der Waals surface area contributed by atoms with Gasteiger partial charge in [-0.3, -0.25) is 0 Å². The summed E-state index contributed by atoms with van der Waals surface area (Å²) in [5, 5.41) is 8.76. The first-order valence-electron chi connectivity index (χ1n) is 4.76. The van der Waals surface area contributed by atoms with Crippen molar-refractivity contribution in [1.82, 2.24) is 0 Å². The molecule has 0 saturated heterocycles. The quantitative estimate of drug-likeness (QED) is 0.913. The van der Waals surface area contributed by atoms with Gasteiger partial charge in [-0.05, 0) is 30.2 Å². The summed E-state index contributed by atoms with van der Waals surface area (Å²) in [6.07, 6.45) is 0.279. The molecule has 4 heteroatoms. The highest BCUT2D eigenvalue weighted by molar-refractivity contribution is 9.10. The van der Waals surface area contributed by atoms with Crippen molar-refractivity contribution in [3.63, 3.8) is 0 Å². The maximum Gasteiger partial charge on any atom is 0.184 e. The van der Waals surface area contributed by atoms with E-state index in [-0.39, 0.29) is 0 Å².